The van der Waals surface area contributed by atoms with Gasteiger partial charge in [0, 0.05) is 12.2 Å². The van der Waals surface area contributed by atoms with Crippen molar-refractivity contribution in [2.75, 3.05) is 6.54 Å². The van der Waals surface area contributed by atoms with E-state index in [4.69, 9.17) is 5.14 Å². The minimum absolute atomic E-state index is 0.0717. The molecule has 0 radical (unpaired) electrons. The zero-order valence-electron chi connectivity index (χ0n) is 11.5. The Morgan fingerprint density at radius 1 is 1.33 bits per heavy atom. The van der Waals surface area contributed by atoms with E-state index in [0.29, 0.717) is 24.4 Å². The van der Waals surface area contributed by atoms with Crippen LogP contribution in [0, 0.1) is 6.92 Å². The Morgan fingerprint density at radius 3 is 2.52 bits per heavy atom. The van der Waals surface area contributed by atoms with Gasteiger partial charge in [-0.15, -0.1) is 0 Å². The number of aromatic amines is 1. The first-order valence-corrected chi connectivity index (χ1v) is 7.82. The summed E-state index contributed by atoms with van der Waals surface area (Å²) >= 11 is 0. The minimum atomic E-state index is -3.67. The van der Waals surface area contributed by atoms with Crippen molar-refractivity contribution in [3.63, 3.8) is 0 Å². The van der Waals surface area contributed by atoms with Crippen LogP contribution in [0.3, 0.4) is 0 Å². The fraction of sp³-hybridized carbons (Fsp3) is 0.231. The third-order valence-corrected chi connectivity index (χ3v) is 3.93. The number of aromatic nitrogens is 2. The van der Waals surface area contributed by atoms with Crippen molar-refractivity contribution in [3.05, 3.63) is 47.5 Å². The lowest BCUT2D eigenvalue weighted by atomic mass is 10.1. The van der Waals surface area contributed by atoms with Crippen LogP contribution < -0.4 is 10.5 Å². The summed E-state index contributed by atoms with van der Waals surface area (Å²) in [7, 11) is -3.67. The molecule has 0 spiro atoms. The van der Waals surface area contributed by atoms with E-state index in [1.165, 1.54) is 18.5 Å². The Hall–Kier alpha value is -2.19. The van der Waals surface area contributed by atoms with E-state index in [0.717, 1.165) is 5.56 Å². The number of hydrogen-bond acceptors (Lipinski definition) is 4. The smallest absolute Gasteiger partial charge is 0.271 e. The second kappa shape index (κ2) is 6.06. The van der Waals surface area contributed by atoms with Crippen LogP contribution in [0.1, 0.15) is 21.7 Å². The molecule has 1 aromatic carbocycles. The van der Waals surface area contributed by atoms with E-state index in [1.54, 1.807) is 19.1 Å². The first kappa shape index (κ1) is 15.2. The SMILES string of the molecule is Cc1[nH]cnc1C(=O)NCCc1ccc(S(N)(=O)=O)cc1. The first-order valence-electron chi connectivity index (χ1n) is 6.28. The van der Waals surface area contributed by atoms with Crippen LogP contribution in [-0.2, 0) is 16.4 Å². The van der Waals surface area contributed by atoms with Crippen LogP contribution in [0.5, 0.6) is 0 Å². The van der Waals surface area contributed by atoms with Crippen molar-refractivity contribution < 1.29 is 13.2 Å². The number of amides is 1. The monoisotopic (exact) mass is 308 g/mol. The molecular weight excluding hydrogens is 292 g/mol. The van der Waals surface area contributed by atoms with Gasteiger partial charge in [0.15, 0.2) is 0 Å². The summed E-state index contributed by atoms with van der Waals surface area (Å²) in [6.45, 7) is 2.20. The molecule has 0 aliphatic rings. The molecule has 21 heavy (non-hydrogen) atoms. The van der Waals surface area contributed by atoms with Crippen molar-refractivity contribution in [1.29, 1.82) is 0 Å². The standard InChI is InChI=1S/C13H16N4O3S/c1-9-12(17-8-16-9)13(18)15-7-6-10-2-4-11(5-3-10)21(14,19)20/h2-5,8H,6-7H2,1H3,(H,15,18)(H,16,17)(H2,14,19,20). The van der Waals surface area contributed by atoms with Crippen molar-refractivity contribution in [2.24, 2.45) is 5.14 Å². The normalized spacial score (nSPS) is 11.3. The molecule has 0 saturated carbocycles. The second-order valence-electron chi connectivity index (χ2n) is 4.57. The number of carbonyl (C=O) groups is 1. The summed E-state index contributed by atoms with van der Waals surface area (Å²) in [4.78, 5) is 18.7. The number of sulfonamides is 1. The number of benzene rings is 1. The Kier molecular flexibility index (Phi) is 4.39. The van der Waals surface area contributed by atoms with Crippen LogP contribution in [0.4, 0.5) is 0 Å². The molecule has 1 aromatic heterocycles. The number of carbonyl (C=O) groups excluding carboxylic acids is 1. The molecule has 4 N–H and O–H groups in total. The molecule has 0 atom stereocenters. The van der Waals surface area contributed by atoms with Gasteiger partial charge >= 0.3 is 0 Å². The quantitative estimate of drug-likeness (QED) is 0.738. The Morgan fingerprint density at radius 2 is 2.00 bits per heavy atom. The fourth-order valence-corrected chi connectivity index (χ4v) is 2.35. The molecule has 0 bridgehead atoms. The number of aryl methyl sites for hydroxylation is 1. The van der Waals surface area contributed by atoms with Gasteiger partial charge < -0.3 is 10.3 Å². The summed E-state index contributed by atoms with van der Waals surface area (Å²) in [6.07, 6.45) is 2.05. The highest BCUT2D eigenvalue weighted by Gasteiger charge is 2.11. The van der Waals surface area contributed by atoms with Gasteiger partial charge in [-0.05, 0) is 31.0 Å². The van der Waals surface area contributed by atoms with Gasteiger partial charge in [-0.25, -0.2) is 18.5 Å². The average molecular weight is 308 g/mol. The van der Waals surface area contributed by atoms with E-state index < -0.39 is 10.0 Å². The molecule has 0 unspecified atom stereocenters. The van der Waals surface area contributed by atoms with Gasteiger partial charge in [-0.2, -0.15) is 0 Å². The molecule has 2 aromatic rings. The predicted octanol–water partition coefficient (Wildman–Crippen LogP) is 0.338. The lowest BCUT2D eigenvalue weighted by molar-refractivity contribution is 0.0949. The highest BCUT2D eigenvalue weighted by atomic mass is 32.2. The molecule has 0 fully saturated rings. The number of imidazole rings is 1. The lowest BCUT2D eigenvalue weighted by Gasteiger charge is -2.05. The molecule has 1 heterocycles. The van der Waals surface area contributed by atoms with E-state index in [-0.39, 0.29) is 10.8 Å². The van der Waals surface area contributed by atoms with Gasteiger partial charge in [0.05, 0.1) is 11.2 Å². The van der Waals surface area contributed by atoms with Crippen LogP contribution in [0.2, 0.25) is 0 Å². The van der Waals surface area contributed by atoms with Crippen molar-refractivity contribution in [1.82, 2.24) is 15.3 Å². The first-order chi connectivity index (χ1) is 9.88. The molecule has 112 valence electrons. The lowest BCUT2D eigenvalue weighted by Crippen LogP contribution is -2.26. The van der Waals surface area contributed by atoms with Crippen LogP contribution in [-0.4, -0.2) is 30.8 Å². The molecule has 0 aliphatic heterocycles. The second-order valence-corrected chi connectivity index (χ2v) is 6.13. The Bertz CT molecular complexity index is 735. The van der Waals surface area contributed by atoms with E-state index in [2.05, 4.69) is 15.3 Å². The van der Waals surface area contributed by atoms with Gasteiger partial charge in [-0.3, -0.25) is 4.79 Å². The number of nitrogens with two attached hydrogens (primary N) is 1. The van der Waals surface area contributed by atoms with Crippen LogP contribution >= 0.6 is 0 Å². The average Bonchev–Trinajstić information content (AvgIpc) is 2.84. The van der Waals surface area contributed by atoms with E-state index in [1.807, 2.05) is 0 Å². The van der Waals surface area contributed by atoms with Gasteiger partial charge in [0.1, 0.15) is 5.69 Å². The number of hydrogen-bond donors (Lipinski definition) is 3. The zero-order chi connectivity index (χ0) is 15.5. The summed E-state index contributed by atoms with van der Waals surface area (Å²) in [5.41, 5.74) is 1.99. The third kappa shape index (κ3) is 3.89. The number of nitrogens with one attached hydrogen (secondary N) is 2. The fourth-order valence-electron chi connectivity index (χ4n) is 1.84. The summed E-state index contributed by atoms with van der Waals surface area (Å²) in [6, 6.07) is 6.24. The maximum absolute atomic E-state index is 11.8. The third-order valence-electron chi connectivity index (χ3n) is 3.00. The van der Waals surface area contributed by atoms with Gasteiger partial charge in [-0.1, -0.05) is 12.1 Å². The van der Waals surface area contributed by atoms with Crippen molar-refractivity contribution in [2.45, 2.75) is 18.2 Å². The highest BCUT2D eigenvalue weighted by Crippen LogP contribution is 2.09. The summed E-state index contributed by atoms with van der Waals surface area (Å²) in [5, 5.41) is 7.78. The number of primary sulfonamides is 1. The molecule has 1 amide bonds. The van der Waals surface area contributed by atoms with E-state index in [9.17, 15) is 13.2 Å². The van der Waals surface area contributed by atoms with E-state index >= 15 is 0 Å². The molecule has 0 saturated heterocycles. The molecule has 2 rings (SSSR count). The highest BCUT2D eigenvalue weighted by molar-refractivity contribution is 7.89. The van der Waals surface area contributed by atoms with Gasteiger partial charge in [0.25, 0.3) is 5.91 Å². The van der Waals surface area contributed by atoms with Crippen molar-refractivity contribution >= 4 is 15.9 Å². The number of H-pyrrole nitrogens is 1. The zero-order valence-corrected chi connectivity index (χ0v) is 12.3. The predicted molar refractivity (Wildman–Crippen MR) is 77.2 cm³/mol. The molecule has 7 nitrogen and oxygen atoms in total. The molecule has 8 heteroatoms. The largest absolute Gasteiger partial charge is 0.350 e. The molecular formula is C13H16N4O3S. The topological polar surface area (TPSA) is 118 Å². The Balaban J connectivity index is 1.89. The van der Waals surface area contributed by atoms with Crippen molar-refractivity contribution in [3.8, 4) is 0 Å². The molecule has 0 aliphatic carbocycles. The van der Waals surface area contributed by atoms with Gasteiger partial charge in [0.2, 0.25) is 10.0 Å². The maximum Gasteiger partial charge on any atom is 0.271 e. The minimum Gasteiger partial charge on any atom is -0.350 e. The van der Waals surface area contributed by atoms with Crippen LogP contribution in [0.25, 0.3) is 0 Å². The number of nitrogens with zero attached hydrogens (tertiary/aromatic N) is 1. The Labute approximate surface area is 122 Å². The summed E-state index contributed by atoms with van der Waals surface area (Å²) < 4.78 is 22.2. The maximum atomic E-state index is 11.8. The summed E-state index contributed by atoms with van der Waals surface area (Å²) in [5.74, 6) is -0.241. The number of rotatable bonds is 5. The van der Waals surface area contributed by atoms with Crippen LogP contribution in [0.15, 0.2) is 35.5 Å².